The lowest BCUT2D eigenvalue weighted by Crippen LogP contribution is -2.49. The third-order valence-electron chi connectivity index (χ3n) is 8.03. The maximum absolute atomic E-state index is 12.7. The number of hydrogen-bond acceptors (Lipinski definition) is 1. The van der Waals surface area contributed by atoms with Crippen molar-refractivity contribution in [1.82, 2.24) is 0 Å². The molecule has 0 amide bonds. The standard InChI is InChI=1S/C20H30O/c1-13-12-17-15-8-7-14-6-4-5-10-19(14,2)16(15)9-11-20(17,3)18(13)21/h7,13,15-17H,4-6,8-12H2,1-3H3/t13?,15-,16-,17+,19+,20+/m1/s1. The van der Waals surface area contributed by atoms with E-state index >= 15 is 0 Å². The lowest BCUT2D eigenvalue weighted by atomic mass is 9.48. The molecule has 1 unspecified atom stereocenters. The highest BCUT2D eigenvalue weighted by Crippen LogP contribution is 2.64. The first kappa shape index (κ1) is 14.0. The van der Waals surface area contributed by atoms with E-state index in [-0.39, 0.29) is 5.41 Å². The largest absolute Gasteiger partial charge is 0.299 e. The fourth-order valence-corrected chi connectivity index (χ4v) is 6.81. The Bertz CT molecular complexity index is 504. The first-order valence-electron chi connectivity index (χ1n) is 9.20. The van der Waals surface area contributed by atoms with Crippen molar-refractivity contribution in [2.45, 2.75) is 72.1 Å². The SMILES string of the molecule is CC1C[C@H]2[C@@H]3CC=C4CCCC[C@]4(C)[C@@H]3CC[C@]2(C)C1=O. The predicted molar refractivity (Wildman–Crippen MR) is 85.9 cm³/mol. The topological polar surface area (TPSA) is 17.1 Å². The highest BCUT2D eigenvalue weighted by Gasteiger charge is 2.59. The summed E-state index contributed by atoms with van der Waals surface area (Å²) >= 11 is 0. The van der Waals surface area contributed by atoms with Gasteiger partial charge in [0.2, 0.25) is 0 Å². The van der Waals surface area contributed by atoms with Gasteiger partial charge in [-0.2, -0.15) is 0 Å². The Balaban J connectivity index is 1.71. The monoisotopic (exact) mass is 286 g/mol. The molecule has 0 radical (unpaired) electrons. The molecule has 1 heteroatoms. The van der Waals surface area contributed by atoms with E-state index < -0.39 is 0 Å². The number of hydrogen-bond donors (Lipinski definition) is 0. The third-order valence-corrected chi connectivity index (χ3v) is 8.03. The van der Waals surface area contributed by atoms with Gasteiger partial charge in [0.05, 0.1) is 0 Å². The molecule has 6 atom stereocenters. The first-order valence-corrected chi connectivity index (χ1v) is 9.20. The van der Waals surface area contributed by atoms with Crippen molar-refractivity contribution in [3.63, 3.8) is 0 Å². The fourth-order valence-electron chi connectivity index (χ4n) is 6.81. The molecule has 0 heterocycles. The van der Waals surface area contributed by atoms with Gasteiger partial charge in [-0.3, -0.25) is 4.79 Å². The van der Waals surface area contributed by atoms with Crippen LogP contribution in [-0.4, -0.2) is 5.78 Å². The number of Topliss-reactive ketones (excluding diaryl/α,β-unsaturated/α-hetero) is 1. The zero-order valence-corrected chi connectivity index (χ0v) is 14.0. The van der Waals surface area contributed by atoms with E-state index in [1.807, 2.05) is 0 Å². The summed E-state index contributed by atoms with van der Waals surface area (Å²) in [6.07, 6.45) is 13.0. The van der Waals surface area contributed by atoms with Crippen molar-refractivity contribution in [2.24, 2.45) is 34.5 Å². The van der Waals surface area contributed by atoms with Crippen molar-refractivity contribution in [2.75, 3.05) is 0 Å². The Labute approximate surface area is 129 Å². The average Bonchev–Trinajstić information content (AvgIpc) is 2.70. The van der Waals surface area contributed by atoms with Crippen LogP contribution in [0.5, 0.6) is 0 Å². The zero-order valence-electron chi connectivity index (χ0n) is 14.0. The molecule has 3 saturated carbocycles. The summed E-state index contributed by atoms with van der Waals surface area (Å²) in [7, 11) is 0. The van der Waals surface area contributed by atoms with Gasteiger partial charge in [-0.05, 0) is 68.1 Å². The molecule has 116 valence electrons. The number of carbonyl (C=O) groups excluding carboxylic acids is 1. The summed E-state index contributed by atoms with van der Waals surface area (Å²) in [6, 6.07) is 0. The van der Waals surface area contributed by atoms with Gasteiger partial charge in [-0.25, -0.2) is 0 Å². The molecular weight excluding hydrogens is 256 g/mol. The molecule has 21 heavy (non-hydrogen) atoms. The second-order valence-electron chi connectivity index (χ2n) is 8.92. The summed E-state index contributed by atoms with van der Waals surface area (Å²) in [6.45, 7) is 7.02. The molecule has 0 spiro atoms. The molecule has 0 aliphatic heterocycles. The number of ketones is 1. The quantitative estimate of drug-likeness (QED) is 0.562. The van der Waals surface area contributed by atoms with Crippen molar-refractivity contribution >= 4 is 5.78 Å². The molecule has 4 aliphatic carbocycles. The van der Waals surface area contributed by atoms with Crippen LogP contribution < -0.4 is 0 Å². The summed E-state index contributed by atoms with van der Waals surface area (Å²) in [5.41, 5.74) is 2.25. The summed E-state index contributed by atoms with van der Waals surface area (Å²) in [5.74, 6) is 3.19. The van der Waals surface area contributed by atoms with Gasteiger partial charge in [0.1, 0.15) is 5.78 Å². The van der Waals surface area contributed by atoms with Gasteiger partial charge in [0.25, 0.3) is 0 Å². The van der Waals surface area contributed by atoms with Crippen molar-refractivity contribution in [1.29, 1.82) is 0 Å². The first-order chi connectivity index (χ1) is 9.97. The Morgan fingerprint density at radius 2 is 1.90 bits per heavy atom. The lowest BCUT2D eigenvalue weighted by Gasteiger charge is -2.56. The van der Waals surface area contributed by atoms with E-state index in [2.05, 4.69) is 26.8 Å². The van der Waals surface area contributed by atoms with Crippen LogP contribution in [0.2, 0.25) is 0 Å². The number of carbonyl (C=O) groups is 1. The average molecular weight is 286 g/mol. The summed E-state index contributed by atoms with van der Waals surface area (Å²) in [4.78, 5) is 12.7. The van der Waals surface area contributed by atoms with E-state index in [4.69, 9.17) is 0 Å². The molecule has 4 aliphatic rings. The van der Waals surface area contributed by atoms with Crippen LogP contribution >= 0.6 is 0 Å². The second kappa shape index (κ2) is 4.46. The van der Waals surface area contributed by atoms with Crippen molar-refractivity contribution < 1.29 is 4.79 Å². The smallest absolute Gasteiger partial charge is 0.141 e. The van der Waals surface area contributed by atoms with Crippen molar-refractivity contribution in [3.8, 4) is 0 Å². The van der Waals surface area contributed by atoms with E-state index in [9.17, 15) is 4.79 Å². The van der Waals surface area contributed by atoms with Crippen LogP contribution in [0, 0.1) is 34.5 Å². The highest BCUT2D eigenvalue weighted by atomic mass is 16.1. The van der Waals surface area contributed by atoms with E-state index in [0.717, 1.165) is 24.7 Å². The minimum Gasteiger partial charge on any atom is -0.299 e. The number of allylic oxidation sites excluding steroid dienone is 2. The molecular formula is C20H30O. The molecule has 0 aromatic rings. The molecule has 0 saturated heterocycles. The Kier molecular flexibility index (Phi) is 2.98. The Morgan fingerprint density at radius 3 is 2.71 bits per heavy atom. The van der Waals surface area contributed by atoms with Crippen LogP contribution in [-0.2, 0) is 4.79 Å². The van der Waals surface area contributed by atoms with E-state index in [1.54, 1.807) is 5.57 Å². The molecule has 4 rings (SSSR count). The molecule has 0 aromatic carbocycles. The van der Waals surface area contributed by atoms with Gasteiger partial charge in [0, 0.05) is 11.3 Å². The number of rotatable bonds is 0. The predicted octanol–water partition coefficient (Wildman–Crippen LogP) is 5.15. The second-order valence-corrected chi connectivity index (χ2v) is 8.92. The molecule has 1 nitrogen and oxygen atoms in total. The maximum Gasteiger partial charge on any atom is 0.141 e. The molecule has 0 N–H and O–H groups in total. The van der Waals surface area contributed by atoms with Crippen LogP contribution in [0.25, 0.3) is 0 Å². The molecule has 0 aromatic heterocycles. The van der Waals surface area contributed by atoms with Gasteiger partial charge in [0.15, 0.2) is 0 Å². The van der Waals surface area contributed by atoms with Crippen LogP contribution in [0.15, 0.2) is 11.6 Å². The van der Waals surface area contributed by atoms with Crippen LogP contribution in [0.1, 0.15) is 72.1 Å². The minimum absolute atomic E-state index is 0.0109. The highest BCUT2D eigenvalue weighted by molar-refractivity contribution is 5.89. The summed E-state index contributed by atoms with van der Waals surface area (Å²) < 4.78 is 0. The van der Waals surface area contributed by atoms with Gasteiger partial charge >= 0.3 is 0 Å². The lowest BCUT2D eigenvalue weighted by molar-refractivity contribution is -0.133. The van der Waals surface area contributed by atoms with Crippen LogP contribution in [0.3, 0.4) is 0 Å². The van der Waals surface area contributed by atoms with E-state index in [1.165, 1.54) is 38.5 Å². The van der Waals surface area contributed by atoms with Gasteiger partial charge < -0.3 is 0 Å². The third kappa shape index (κ3) is 1.72. The van der Waals surface area contributed by atoms with Gasteiger partial charge in [-0.1, -0.05) is 38.8 Å². The molecule has 3 fully saturated rings. The van der Waals surface area contributed by atoms with E-state index in [0.29, 0.717) is 23.0 Å². The normalized spacial score (nSPS) is 52.7. The summed E-state index contributed by atoms with van der Waals surface area (Å²) in [5, 5.41) is 0. The van der Waals surface area contributed by atoms with Gasteiger partial charge in [-0.15, -0.1) is 0 Å². The maximum atomic E-state index is 12.7. The number of fused-ring (bicyclic) bond motifs is 5. The Morgan fingerprint density at radius 1 is 1.10 bits per heavy atom. The zero-order chi connectivity index (χ0) is 14.8. The van der Waals surface area contributed by atoms with Crippen LogP contribution in [0.4, 0.5) is 0 Å². The molecule has 0 bridgehead atoms. The minimum atomic E-state index is 0.0109. The van der Waals surface area contributed by atoms with Crippen molar-refractivity contribution in [3.05, 3.63) is 11.6 Å². The fraction of sp³-hybridized carbons (Fsp3) is 0.850. The Hall–Kier alpha value is -0.590.